The summed E-state index contributed by atoms with van der Waals surface area (Å²) in [5.41, 5.74) is 0. The van der Waals surface area contributed by atoms with Crippen molar-refractivity contribution in [2.24, 2.45) is 0 Å². The van der Waals surface area contributed by atoms with Gasteiger partial charge in [0, 0.05) is 12.8 Å². The fraction of sp³-hybridized carbons (Fsp3) is 0.800. The van der Waals surface area contributed by atoms with Crippen molar-refractivity contribution in [3.8, 4) is 0 Å². The van der Waals surface area contributed by atoms with Gasteiger partial charge in [-0.2, -0.15) is 0 Å². The lowest BCUT2D eigenvalue weighted by Crippen LogP contribution is -2.43. The third-order valence-electron chi connectivity index (χ3n) is 3.06. The minimum atomic E-state index is -1.04. The lowest BCUT2D eigenvalue weighted by atomic mass is 10.1. The molecule has 0 spiro atoms. The molecule has 0 aliphatic heterocycles. The summed E-state index contributed by atoms with van der Waals surface area (Å²) < 4.78 is 5.65. The molecule has 0 fully saturated rings. The van der Waals surface area contributed by atoms with Gasteiger partial charge in [-0.05, 0) is 19.3 Å². The molecule has 0 aromatic carbocycles. The lowest BCUT2D eigenvalue weighted by Gasteiger charge is -2.28. The number of likely N-dealkylation sites (N-methyl/N-ethyl adjacent to an activating group) is 1. The number of quaternary nitrogens is 1. The van der Waals surface area contributed by atoms with Gasteiger partial charge in [-0.15, -0.1) is 0 Å². The molecule has 0 saturated carbocycles. The first-order chi connectivity index (χ1) is 10.5. The monoisotopic (exact) mass is 334 g/mol. The van der Waals surface area contributed by atoms with Crippen LogP contribution in [-0.2, 0) is 19.1 Å². The Labute approximate surface area is 136 Å². The molecule has 0 saturated heterocycles. The number of carbonyl (C=O) groups is 3. The summed E-state index contributed by atoms with van der Waals surface area (Å²) in [5, 5.41) is 27.0. The first kappa shape index (κ1) is 21.3. The Morgan fingerprint density at radius 2 is 1.61 bits per heavy atom. The van der Waals surface area contributed by atoms with Gasteiger partial charge < -0.3 is 24.5 Å². The highest BCUT2D eigenvalue weighted by molar-refractivity contribution is 5.71. The maximum absolute atomic E-state index is 11.8. The molecule has 0 aliphatic rings. The second-order valence-electron chi connectivity index (χ2n) is 6.66. The summed E-state index contributed by atoms with van der Waals surface area (Å²) in [7, 11) is 5.61. The number of esters is 1. The Morgan fingerprint density at radius 3 is 2.09 bits per heavy atom. The summed E-state index contributed by atoms with van der Waals surface area (Å²) in [6, 6.07) is 0. The van der Waals surface area contributed by atoms with Gasteiger partial charge in [0.1, 0.15) is 6.54 Å². The SMILES string of the molecule is C[N+](C)(C)CC(CC(=O)O)OC(=O)CCC(O)CCCC(=O)O. The molecule has 23 heavy (non-hydrogen) atoms. The van der Waals surface area contributed by atoms with Crippen LogP contribution in [0.25, 0.3) is 0 Å². The predicted molar refractivity (Wildman–Crippen MR) is 81.8 cm³/mol. The minimum Gasteiger partial charge on any atom is -0.481 e. The number of aliphatic hydroxyl groups excluding tert-OH is 1. The molecule has 0 heterocycles. The summed E-state index contributed by atoms with van der Waals surface area (Å²) in [5.74, 6) is -2.51. The van der Waals surface area contributed by atoms with Crippen molar-refractivity contribution in [2.75, 3.05) is 27.7 Å². The van der Waals surface area contributed by atoms with Gasteiger partial charge in [0.2, 0.25) is 0 Å². The van der Waals surface area contributed by atoms with Crippen LogP contribution in [0.4, 0.5) is 0 Å². The zero-order chi connectivity index (χ0) is 18.0. The van der Waals surface area contributed by atoms with Crippen molar-refractivity contribution in [3.05, 3.63) is 0 Å². The Morgan fingerprint density at radius 1 is 1.00 bits per heavy atom. The summed E-state index contributed by atoms with van der Waals surface area (Å²) in [6.07, 6.45) is -0.980. The number of hydrogen-bond acceptors (Lipinski definition) is 5. The van der Waals surface area contributed by atoms with Crippen LogP contribution >= 0.6 is 0 Å². The third kappa shape index (κ3) is 13.7. The number of carboxylic acid groups (broad SMARTS) is 2. The van der Waals surface area contributed by atoms with Gasteiger partial charge in [-0.25, -0.2) is 0 Å². The molecule has 0 aliphatic carbocycles. The molecule has 0 aromatic rings. The second kappa shape index (κ2) is 10.2. The fourth-order valence-electron chi connectivity index (χ4n) is 2.11. The number of rotatable bonds is 12. The van der Waals surface area contributed by atoms with E-state index in [0.717, 1.165) is 0 Å². The molecule has 8 nitrogen and oxygen atoms in total. The van der Waals surface area contributed by atoms with Gasteiger partial charge in [0.15, 0.2) is 6.10 Å². The normalized spacial score (nSPS) is 14.1. The van der Waals surface area contributed by atoms with E-state index in [4.69, 9.17) is 14.9 Å². The van der Waals surface area contributed by atoms with Gasteiger partial charge in [-0.3, -0.25) is 14.4 Å². The van der Waals surface area contributed by atoms with E-state index in [1.54, 1.807) is 0 Å². The van der Waals surface area contributed by atoms with Crippen LogP contribution in [0.1, 0.15) is 38.5 Å². The number of hydrogen-bond donors (Lipinski definition) is 3. The highest BCUT2D eigenvalue weighted by atomic mass is 16.5. The highest BCUT2D eigenvalue weighted by Gasteiger charge is 2.25. The molecule has 8 heteroatoms. The van der Waals surface area contributed by atoms with Crippen molar-refractivity contribution >= 4 is 17.9 Å². The van der Waals surface area contributed by atoms with Crippen LogP contribution in [-0.4, -0.2) is 77.6 Å². The van der Waals surface area contributed by atoms with E-state index < -0.39 is 30.1 Å². The molecule has 2 unspecified atom stereocenters. The van der Waals surface area contributed by atoms with Crippen molar-refractivity contribution in [1.29, 1.82) is 0 Å². The second-order valence-corrected chi connectivity index (χ2v) is 6.66. The standard InChI is InChI=1S/C15H27NO7/c1-16(2,3)10-12(9-14(20)21)23-15(22)8-7-11(17)5-4-6-13(18)19/h11-12,17H,4-10H2,1-3H3,(H-,18,19,20,21)/p+1. The van der Waals surface area contributed by atoms with Crippen LogP contribution in [0, 0.1) is 0 Å². The van der Waals surface area contributed by atoms with E-state index in [-0.39, 0.29) is 25.7 Å². The van der Waals surface area contributed by atoms with Crippen molar-refractivity contribution in [3.63, 3.8) is 0 Å². The number of carboxylic acids is 2. The molecule has 134 valence electrons. The van der Waals surface area contributed by atoms with Crippen molar-refractivity contribution < 1.29 is 38.9 Å². The van der Waals surface area contributed by atoms with E-state index in [0.29, 0.717) is 23.9 Å². The number of nitrogens with zero attached hydrogens (tertiary/aromatic N) is 1. The minimum absolute atomic E-state index is 0.0221. The Balaban J connectivity index is 4.20. The molecular formula is C15H28NO7+. The van der Waals surface area contributed by atoms with Crippen molar-refractivity contribution in [2.45, 2.75) is 50.7 Å². The highest BCUT2D eigenvalue weighted by Crippen LogP contribution is 2.11. The smallest absolute Gasteiger partial charge is 0.307 e. The zero-order valence-corrected chi connectivity index (χ0v) is 14.0. The zero-order valence-electron chi connectivity index (χ0n) is 14.0. The summed E-state index contributed by atoms with van der Waals surface area (Å²) in [4.78, 5) is 33.0. The van der Waals surface area contributed by atoms with Crippen LogP contribution in [0.15, 0.2) is 0 Å². The number of ether oxygens (including phenoxy) is 1. The van der Waals surface area contributed by atoms with E-state index in [1.165, 1.54) is 0 Å². The molecule has 0 bridgehead atoms. The van der Waals surface area contributed by atoms with Gasteiger partial charge in [-0.1, -0.05) is 0 Å². The quantitative estimate of drug-likeness (QED) is 0.350. The largest absolute Gasteiger partial charge is 0.481 e. The molecule has 0 rings (SSSR count). The molecule has 3 N–H and O–H groups in total. The molecule has 0 radical (unpaired) electrons. The number of aliphatic carboxylic acids is 2. The van der Waals surface area contributed by atoms with E-state index in [9.17, 15) is 19.5 Å². The van der Waals surface area contributed by atoms with Gasteiger partial charge in [0.25, 0.3) is 0 Å². The lowest BCUT2D eigenvalue weighted by molar-refractivity contribution is -0.873. The molecular weight excluding hydrogens is 306 g/mol. The predicted octanol–water partition coefficient (Wildman–Crippen LogP) is 0.475. The Hall–Kier alpha value is -1.67. The van der Waals surface area contributed by atoms with Gasteiger partial charge >= 0.3 is 17.9 Å². The number of aliphatic hydroxyl groups is 1. The maximum Gasteiger partial charge on any atom is 0.307 e. The van der Waals surface area contributed by atoms with Gasteiger partial charge in [0.05, 0.1) is 33.7 Å². The summed E-state index contributed by atoms with van der Waals surface area (Å²) >= 11 is 0. The first-order valence-electron chi connectivity index (χ1n) is 7.61. The first-order valence-corrected chi connectivity index (χ1v) is 7.61. The van der Waals surface area contributed by atoms with Crippen LogP contribution in [0.5, 0.6) is 0 Å². The Kier molecular flexibility index (Phi) is 9.43. The van der Waals surface area contributed by atoms with Crippen LogP contribution < -0.4 is 0 Å². The van der Waals surface area contributed by atoms with E-state index in [1.807, 2.05) is 21.1 Å². The number of carbonyl (C=O) groups excluding carboxylic acids is 1. The third-order valence-corrected chi connectivity index (χ3v) is 3.06. The topological polar surface area (TPSA) is 121 Å². The van der Waals surface area contributed by atoms with Crippen molar-refractivity contribution in [1.82, 2.24) is 0 Å². The maximum atomic E-state index is 11.8. The van der Waals surface area contributed by atoms with Crippen LogP contribution in [0.2, 0.25) is 0 Å². The van der Waals surface area contributed by atoms with E-state index in [2.05, 4.69) is 0 Å². The molecule has 0 amide bonds. The van der Waals surface area contributed by atoms with E-state index >= 15 is 0 Å². The fourth-order valence-corrected chi connectivity index (χ4v) is 2.11. The average Bonchev–Trinajstić information content (AvgIpc) is 2.32. The molecule has 2 atom stereocenters. The Bertz CT molecular complexity index is 403. The van der Waals surface area contributed by atoms with Crippen LogP contribution in [0.3, 0.4) is 0 Å². The average molecular weight is 334 g/mol. The molecule has 0 aromatic heterocycles. The summed E-state index contributed by atoms with van der Waals surface area (Å²) in [6.45, 7) is 0.374.